The first-order chi connectivity index (χ1) is 11.1. The van der Waals surface area contributed by atoms with E-state index in [9.17, 15) is 14.4 Å². The van der Waals surface area contributed by atoms with Gasteiger partial charge in [0, 0.05) is 0 Å². The van der Waals surface area contributed by atoms with Gasteiger partial charge in [-0.3, -0.25) is 19.3 Å². The second-order valence-corrected chi connectivity index (χ2v) is 6.01. The van der Waals surface area contributed by atoms with Crippen LogP contribution in [-0.4, -0.2) is 36.3 Å². The van der Waals surface area contributed by atoms with Crippen LogP contribution in [0.5, 0.6) is 5.75 Å². The Morgan fingerprint density at radius 2 is 1.78 bits per heavy atom. The molecule has 1 saturated carbocycles. The highest BCUT2D eigenvalue weighted by Gasteiger charge is 2.48. The van der Waals surface area contributed by atoms with E-state index in [-0.39, 0.29) is 30.2 Å². The fourth-order valence-electron chi connectivity index (χ4n) is 3.47. The quantitative estimate of drug-likeness (QED) is 0.860. The van der Waals surface area contributed by atoms with E-state index < -0.39 is 5.91 Å². The number of para-hydroxylation sites is 2. The van der Waals surface area contributed by atoms with E-state index in [1.54, 1.807) is 24.3 Å². The van der Waals surface area contributed by atoms with Crippen LogP contribution in [0.15, 0.2) is 24.3 Å². The summed E-state index contributed by atoms with van der Waals surface area (Å²) in [5.74, 6) is -0.709. The summed E-state index contributed by atoms with van der Waals surface area (Å²) >= 11 is 0. The van der Waals surface area contributed by atoms with Crippen LogP contribution >= 0.6 is 0 Å². The predicted octanol–water partition coefficient (Wildman–Crippen LogP) is 1.81. The summed E-state index contributed by atoms with van der Waals surface area (Å²) in [6, 6.07) is 7.02. The Hall–Kier alpha value is -2.37. The predicted molar refractivity (Wildman–Crippen MR) is 83.8 cm³/mol. The first-order valence-electron chi connectivity index (χ1n) is 7.90. The zero-order chi connectivity index (χ0) is 16.4. The number of ether oxygens (including phenoxy) is 1. The topological polar surface area (TPSA) is 75.7 Å². The molecule has 2 aliphatic rings. The lowest BCUT2D eigenvalue weighted by Gasteiger charge is -2.19. The monoisotopic (exact) mass is 316 g/mol. The van der Waals surface area contributed by atoms with Gasteiger partial charge in [0.1, 0.15) is 12.3 Å². The van der Waals surface area contributed by atoms with E-state index in [1.807, 2.05) is 0 Å². The third kappa shape index (κ3) is 2.93. The van der Waals surface area contributed by atoms with Gasteiger partial charge in [-0.2, -0.15) is 0 Å². The minimum Gasteiger partial charge on any atom is -0.495 e. The number of fused-ring (bicyclic) bond motifs is 1. The Labute approximate surface area is 134 Å². The Bertz CT molecular complexity index is 619. The van der Waals surface area contributed by atoms with E-state index in [0.29, 0.717) is 11.4 Å². The maximum absolute atomic E-state index is 12.4. The van der Waals surface area contributed by atoms with E-state index >= 15 is 0 Å². The van der Waals surface area contributed by atoms with Gasteiger partial charge >= 0.3 is 0 Å². The van der Waals surface area contributed by atoms with Gasteiger partial charge in [0.05, 0.1) is 24.6 Å². The molecular weight excluding hydrogens is 296 g/mol. The van der Waals surface area contributed by atoms with Crippen LogP contribution in [-0.2, 0) is 14.4 Å². The number of carbonyl (C=O) groups excluding carboxylic acids is 3. The highest BCUT2D eigenvalue weighted by atomic mass is 16.5. The average Bonchev–Trinajstić information content (AvgIpc) is 2.81. The zero-order valence-corrected chi connectivity index (χ0v) is 13.1. The molecule has 1 heterocycles. The summed E-state index contributed by atoms with van der Waals surface area (Å²) in [5.41, 5.74) is 0.525. The van der Waals surface area contributed by atoms with E-state index in [0.717, 1.165) is 30.6 Å². The molecule has 1 aromatic rings. The number of nitrogens with zero attached hydrogens (tertiary/aromatic N) is 1. The maximum Gasteiger partial charge on any atom is 0.244 e. The summed E-state index contributed by atoms with van der Waals surface area (Å²) in [6.07, 6.45) is 3.45. The van der Waals surface area contributed by atoms with Gasteiger partial charge in [-0.1, -0.05) is 25.0 Å². The second kappa shape index (κ2) is 6.40. The summed E-state index contributed by atoms with van der Waals surface area (Å²) in [7, 11) is 1.52. The molecule has 0 aromatic heterocycles. The summed E-state index contributed by atoms with van der Waals surface area (Å²) in [4.78, 5) is 38.1. The molecule has 2 fully saturated rings. The molecule has 3 rings (SSSR count). The first-order valence-corrected chi connectivity index (χ1v) is 7.90. The highest BCUT2D eigenvalue weighted by Crippen LogP contribution is 2.37. The number of carbonyl (C=O) groups is 3. The smallest absolute Gasteiger partial charge is 0.244 e. The zero-order valence-electron chi connectivity index (χ0n) is 13.1. The number of anilines is 1. The standard InChI is InChI=1S/C17H20N2O4/c1-23-14-9-5-4-8-13(14)18-15(20)10-19-16(21)11-6-2-3-7-12(11)17(19)22/h4-5,8-9,11-12H,2-3,6-7,10H2,1H3,(H,18,20). The van der Waals surface area contributed by atoms with E-state index in [1.165, 1.54) is 7.11 Å². The van der Waals surface area contributed by atoms with Crippen LogP contribution in [0.3, 0.4) is 0 Å². The minimum absolute atomic E-state index is 0.199. The van der Waals surface area contributed by atoms with Crippen molar-refractivity contribution in [2.24, 2.45) is 11.8 Å². The molecule has 0 spiro atoms. The van der Waals surface area contributed by atoms with Crippen LogP contribution < -0.4 is 10.1 Å². The molecule has 0 bridgehead atoms. The number of likely N-dealkylation sites (tertiary alicyclic amines) is 1. The van der Waals surface area contributed by atoms with Crippen molar-refractivity contribution in [2.45, 2.75) is 25.7 Å². The normalized spacial score (nSPS) is 23.6. The number of methoxy groups -OCH3 is 1. The minimum atomic E-state index is -0.394. The number of hydrogen-bond donors (Lipinski definition) is 1. The molecule has 3 amide bonds. The average molecular weight is 316 g/mol. The summed E-state index contributed by atoms with van der Waals surface area (Å²) in [5, 5.41) is 2.70. The SMILES string of the molecule is COc1ccccc1NC(=O)CN1C(=O)C2CCCCC2C1=O. The van der Waals surface area contributed by atoms with Gasteiger partial charge in [0.2, 0.25) is 17.7 Å². The van der Waals surface area contributed by atoms with Crippen LogP contribution in [0.2, 0.25) is 0 Å². The fraction of sp³-hybridized carbons (Fsp3) is 0.471. The number of nitrogens with one attached hydrogen (secondary N) is 1. The van der Waals surface area contributed by atoms with Crippen molar-refractivity contribution in [3.8, 4) is 5.75 Å². The van der Waals surface area contributed by atoms with Crippen molar-refractivity contribution in [1.29, 1.82) is 0 Å². The molecule has 0 radical (unpaired) electrons. The maximum atomic E-state index is 12.4. The molecule has 2 atom stereocenters. The Balaban J connectivity index is 1.68. The highest BCUT2D eigenvalue weighted by molar-refractivity contribution is 6.08. The largest absolute Gasteiger partial charge is 0.495 e. The van der Waals surface area contributed by atoms with Crippen LogP contribution in [0.25, 0.3) is 0 Å². The fourth-order valence-corrected chi connectivity index (χ4v) is 3.47. The number of benzene rings is 1. The van der Waals surface area contributed by atoms with Crippen molar-refractivity contribution in [3.05, 3.63) is 24.3 Å². The van der Waals surface area contributed by atoms with E-state index in [2.05, 4.69) is 5.32 Å². The molecule has 2 unspecified atom stereocenters. The molecule has 1 aliphatic carbocycles. The van der Waals surface area contributed by atoms with E-state index in [4.69, 9.17) is 4.74 Å². The van der Waals surface area contributed by atoms with Crippen LogP contribution in [0.4, 0.5) is 5.69 Å². The van der Waals surface area contributed by atoms with Crippen molar-refractivity contribution in [1.82, 2.24) is 4.90 Å². The van der Waals surface area contributed by atoms with Gasteiger partial charge in [-0.25, -0.2) is 0 Å². The molecule has 6 nitrogen and oxygen atoms in total. The molecular formula is C17H20N2O4. The number of rotatable bonds is 4. The molecule has 6 heteroatoms. The van der Waals surface area contributed by atoms with Crippen molar-refractivity contribution in [2.75, 3.05) is 19.0 Å². The lowest BCUT2D eigenvalue weighted by atomic mass is 9.81. The van der Waals surface area contributed by atoms with Gasteiger partial charge in [-0.05, 0) is 25.0 Å². The van der Waals surface area contributed by atoms with Gasteiger partial charge in [0.25, 0.3) is 0 Å². The van der Waals surface area contributed by atoms with Crippen molar-refractivity contribution in [3.63, 3.8) is 0 Å². The lowest BCUT2D eigenvalue weighted by Crippen LogP contribution is -2.38. The third-order valence-electron chi connectivity index (χ3n) is 4.62. The Morgan fingerprint density at radius 3 is 2.39 bits per heavy atom. The summed E-state index contributed by atoms with van der Waals surface area (Å²) < 4.78 is 5.17. The van der Waals surface area contributed by atoms with Crippen LogP contribution in [0, 0.1) is 11.8 Å². The molecule has 1 N–H and O–H groups in total. The molecule has 1 saturated heterocycles. The molecule has 23 heavy (non-hydrogen) atoms. The number of imide groups is 1. The van der Waals surface area contributed by atoms with Gasteiger partial charge < -0.3 is 10.1 Å². The van der Waals surface area contributed by atoms with Crippen molar-refractivity contribution < 1.29 is 19.1 Å². The van der Waals surface area contributed by atoms with Gasteiger partial charge in [-0.15, -0.1) is 0 Å². The Kier molecular flexibility index (Phi) is 4.32. The molecule has 122 valence electrons. The lowest BCUT2D eigenvalue weighted by molar-refractivity contribution is -0.142. The first kappa shape index (κ1) is 15.5. The van der Waals surface area contributed by atoms with Crippen molar-refractivity contribution >= 4 is 23.4 Å². The number of amides is 3. The summed E-state index contributed by atoms with van der Waals surface area (Å²) in [6.45, 7) is -0.233. The Morgan fingerprint density at radius 1 is 1.17 bits per heavy atom. The molecule has 1 aromatic carbocycles. The van der Waals surface area contributed by atoms with Crippen LogP contribution in [0.1, 0.15) is 25.7 Å². The number of hydrogen-bond acceptors (Lipinski definition) is 4. The third-order valence-corrected chi connectivity index (χ3v) is 4.62. The molecule has 1 aliphatic heterocycles. The second-order valence-electron chi connectivity index (χ2n) is 6.01. The van der Waals surface area contributed by atoms with Gasteiger partial charge in [0.15, 0.2) is 0 Å².